The van der Waals surface area contributed by atoms with Crippen LogP contribution in [0, 0.1) is 0 Å². The van der Waals surface area contributed by atoms with Gasteiger partial charge in [0.25, 0.3) is 0 Å². The molecular weight excluding hydrogens is 171 g/mol. The third-order valence-corrected chi connectivity index (χ3v) is 0.683. The summed E-state index contributed by atoms with van der Waals surface area (Å²) in [6.07, 6.45) is 0. The molecule has 5 heteroatoms. The van der Waals surface area contributed by atoms with Crippen molar-refractivity contribution >= 4 is 34.0 Å². The first-order valence-corrected chi connectivity index (χ1v) is 2.10. The van der Waals surface area contributed by atoms with E-state index in [1.165, 1.54) is 0 Å². The average molecular weight is 173 g/mol. The van der Waals surface area contributed by atoms with E-state index >= 15 is 0 Å². The van der Waals surface area contributed by atoms with Crippen LogP contribution in [-0.4, -0.2) is 9.48 Å². The molecule has 0 aliphatic carbocycles. The SMILES string of the molecule is NC(=O)N(Cl)Br. The van der Waals surface area contributed by atoms with E-state index in [1.54, 1.807) is 0 Å². The summed E-state index contributed by atoms with van der Waals surface area (Å²) in [6, 6.07) is -0.725. The van der Waals surface area contributed by atoms with Crippen LogP contribution in [0.1, 0.15) is 0 Å². The van der Waals surface area contributed by atoms with Crippen molar-refractivity contribution in [3.8, 4) is 0 Å². The van der Waals surface area contributed by atoms with Crippen LogP contribution in [-0.2, 0) is 0 Å². The first kappa shape index (κ1) is 6.04. The molecule has 0 fully saturated rings. The second-order valence-electron chi connectivity index (χ2n) is 0.571. The van der Waals surface area contributed by atoms with Crippen molar-refractivity contribution < 1.29 is 4.79 Å². The van der Waals surface area contributed by atoms with E-state index in [1.807, 2.05) is 0 Å². The number of hydrogen-bond acceptors (Lipinski definition) is 1. The number of nitrogens with zero attached hydrogens (tertiary/aromatic N) is 1. The first-order valence-electron chi connectivity index (χ1n) is 1.05. The Hall–Kier alpha value is 0.0400. The second-order valence-corrected chi connectivity index (χ2v) is 2.03. The molecule has 0 aromatic rings. The molecule has 36 valence electrons. The minimum atomic E-state index is -0.725. The predicted molar refractivity (Wildman–Crippen MR) is 26.2 cm³/mol. The Morgan fingerprint density at radius 1 is 2.00 bits per heavy atom. The second kappa shape index (κ2) is 2.25. The highest BCUT2D eigenvalue weighted by atomic mass is 79.9. The fourth-order valence-corrected chi connectivity index (χ4v) is 0. The Morgan fingerprint density at radius 2 is 2.17 bits per heavy atom. The Morgan fingerprint density at radius 3 is 2.17 bits per heavy atom. The molecular formula is CH2BrClN2O. The van der Waals surface area contributed by atoms with E-state index in [0.717, 1.165) is 0 Å². The van der Waals surface area contributed by atoms with Gasteiger partial charge in [0, 0.05) is 11.8 Å². The van der Waals surface area contributed by atoms with E-state index in [-0.39, 0.29) is 0 Å². The van der Waals surface area contributed by atoms with Gasteiger partial charge in [-0.05, 0) is 0 Å². The van der Waals surface area contributed by atoms with Crippen molar-refractivity contribution in [2.24, 2.45) is 5.73 Å². The molecule has 0 saturated carbocycles. The highest BCUT2D eigenvalue weighted by molar-refractivity contribution is 9.08. The van der Waals surface area contributed by atoms with Gasteiger partial charge in [0.15, 0.2) is 0 Å². The van der Waals surface area contributed by atoms with Gasteiger partial charge in [0.1, 0.15) is 0 Å². The lowest BCUT2D eigenvalue weighted by Crippen LogP contribution is -2.18. The van der Waals surface area contributed by atoms with E-state index in [2.05, 4.69) is 21.9 Å². The molecule has 0 aliphatic rings. The summed E-state index contributed by atoms with van der Waals surface area (Å²) in [5, 5.41) is 0. The Labute approximate surface area is 48.5 Å². The number of carbonyl (C=O) groups excluding carboxylic acids is 1. The van der Waals surface area contributed by atoms with E-state index < -0.39 is 6.03 Å². The van der Waals surface area contributed by atoms with Gasteiger partial charge in [-0.3, -0.25) is 0 Å². The summed E-state index contributed by atoms with van der Waals surface area (Å²) in [4.78, 5) is 9.67. The molecule has 0 aromatic heterocycles. The maximum atomic E-state index is 9.67. The number of primary amides is 1. The van der Waals surface area contributed by atoms with Crippen LogP contribution >= 0.6 is 27.9 Å². The van der Waals surface area contributed by atoms with Crippen molar-refractivity contribution in [3.63, 3.8) is 0 Å². The zero-order valence-electron chi connectivity index (χ0n) is 2.69. The first-order chi connectivity index (χ1) is 2.64. The lowest BCUT2D eigenvalue weighted by Gasteiger charge is -1.93. The van der Waals surface area contributed by atoms with E-state index in [9.17, 15) is 4.79 Å². The van der Waals surface area contributed by atoms with Crippen LogP contribution in [0.3, 0.4) is 0 Å². The molecule has 0 spiro atoms. The van der Waals surface area contributed by atoms with Crippen LogP contribution in [0.5, 0.6) is 0 Å². The molecule has 0 rings (SSSR count). The number of halogens is 2. The zero-order chi connectivity index (χ0) is 5.15. The molecule has 0 heterocycles. The van der Waals surface area contributed by atoms with Gasteiger partial charge in [-0.1, -0.05) is 0 Å². The fraction of sp³-hybridized carbons (Fsp3) is 0. The third kappa shape index (κ3) is 2.29. The maximum absolute atomic E-state index is 9.67. The lowest BCUT2D eigenvalue weighted by atomic mass is 11.2. The molecule has 2 N–H and O–H groups in total. The largest absolute Gasteiger partial charge is 0.350 e. The Balaban J connectivity index is 3.26. The number of rotatable bonds is 0. The van der Waals surface area contributed by atoms with Gasteiger partial charge >= 0.3 is 6.03 Å². The maximum Gasteiger partial charge on any atom is 0.339 e. The van der Waals surface area contributed by atoms with Crippen molar-refractivity contribution in [2.75, 3.05) is 0 Å². The van der Waals surface area contributed by atoms with Gasteiger partial charge in [-0.2, -0.15) is 3.45 Å². The minimum Gasteiger partial charge on any atom is -0.350 e. The van der Waals surface area contributed by atoms with Gasteiger partial charge in [-0.25, -0.2) is 4.79 Å². The van der Waals surface area contributed by atoms with Crippen molar-refractivity contribution in [2.45, 2.75) is 0 Å². The summed E-state index contributed by atoms with van der Waals surface area (Å²) in [7, 11) is 0. The topological polar surface area (TPSA) is 46.3 Å². The molecule has 6 heavy (non-hydrogen) atoms. The van der Waals surface area contributed by atoms with Gasteiger partial charge < -0.3 is 5.73 Å². The molecule has 3 nitrogen and oxygen atoms in total. The van der Waals surface area contributed by atoms with Crippen LogP contribution in [0.25, 0.3) is 0 Å². The van der Waals surface area contributed by atoms with Gasteiger partial charge in [-0.15, -0.1) is 0 Å². The predicted octanol–water partition coefficient (Wildman–Crippen LogP) is 0.831. The number of hydrogen-bond donors (Lipinski definition) is 1. The van der Waals surface area contributed by atoms with E-state index in [0.29, 0.717) is 3.45 Å². The lowest BCUT2D eigenvalue weighted by molar-refractivity contribution is 0.246. The summed E-state index contributed by atoms with van der Waals surface area (Å²) in [5.74, 6) is 0. The number of urea groups is 1. The third-order valence-electron chi connectivity index (χ3n) is 0.167. The highest BCUT2D eigenvalue weighted by Crippen LogP contribution is 1.98. The van der Waals surface area contributed by atoms with Crippen LogP contribution in [0.4, 0.5) is 4.79 Å². The smallest absolute Gasteiger partial charge is 0.339 e. The van der Waals surface area contributed by atoms with E-state index in [4.69, 9.17) is 11.8 Å². The highest BCUT2D eigenvalue weighted by Gasteiger charge is 1.95. The Kier molecular flexibility index (Phi) is 2.27. The number of carbonyl (C=O) groups is 1. The monoisotopic (exact) mass is 172 g/mol. The minimum absolute atomic E-state index is 0.590. The number of amides is 2. The number of nitrogens with two attached hydrogens (primary N) is 1. The standard InChI is InChI=1S/CH2BrClN2O/c2-5(3)1(4)6/h(H2,4,6). The summed E-state index contributed by atoms with van der Waals surface area (Å²) in [6.45, 7) is 0. The summed E-state index contributed by atoms with van der Waals surface area (Å²) >= 11 is 7.45. The normalized spacial score (nSPS) is 7.67. The molecule has 0 bridgehead atoms. The quantitative estimate of drug-likeness (QED) is 0.542. The van der Waals surface area contributed by atoms with Crippen LogP contribution in [0.15, 0.2) is 0 Å². The van der Waals surface area contributed by atoms with Crippen molar-refractivity contribution in [3.05, 3.63) is 0 Å². The zero-order valence-corrected chi connectivity index (χ0v) is 5.03. The average Bonchev–Trinajstić information content (AvgIpc) is 1.36. The molecule has 0 atom stereocenters. The summed E-state index contributed by atoms with van der Waals surface area (Å²) < 4.78 is 0.590. The van der Waals surface area contributed by atoms with Crippen molar-refractivity contribution in [1.29, 1.82) is 0 Å². The molecule has 2 amide bonds. The molecule has 0 aromatic carbocycles. The molecule has 0 unspecified atom stereocenters. The van der Waals surface area contributed by atoms with Gasteiger partial charge in [0.05, 0.1) is 16.1 Å². The molecule has 0 saturated heterocycles. The van der Waals surface area contributed by atoms with Crippen molar-refractivity contribution in [1.82, 2.24) is 3.45 Å². The Bertz CT molecular complexity index is 64.6. The van der Waals surface area contributed by atoms with Gasteiger partial charge in [0.2, 0.25) is 0 Å². The summed E-state index contributed by atoms with van der Waals surface area (Å²) in [5.41, 5.74) is 4.54. The van der Waals surface area contributed by atoms with Crippen LogP contribution in [0.2, 0.25) is 0 Å². The fourth-order valence-electron chi connectivity index (χ4n) is 0. The molecule has 0 radical (unpaired) electrons. The van der Waals surface area contributed by atoms with Crippen LogP contribution < -0.4 is 5.73 Å². The molecule has 0 aliphatic heterocycles.